The summed E-state index contributed by atoms with van der Waals surface area (Å²) in [6, 6.07) is 11.9. The van der Waals surface area contributed by atoms with Crippen LogP contribution in [0.4, 0.5) is 15.8 Å². The standard InChI is InChI=1S/C17H21FN2O2S/c1-4-16(13-6-8-14(18)9-7-13)19-15-10-5-12(2)17(11-15)20-23(3,21)22/h5-11,16,19-20H,4H2,1-3H3/t16-/m0/s1. The van der Waals surface area contributed by atoms with Crippen LogP contribution in [0.25, 0.3) is 0 Å². The largest absolute Gasteiger partial charge is 0.378 e. The second-order valence-corrected chi connectivity index (χ2v) is 7.31. The Balaban J connectivity index is 2.24. The lowest BCUT2D eigenvalue weighted by atomic mass is 10.0. The van der Waals surface area contributed by atoms with Crippen molar-refractivity contribution in [2.24, 2.45) is 0 Å². The van der Waals surface area contributed by atoms with Crippen LogP contribution in [0, 0.1) is 12.7 Å². The van der Waals surface area contributed by atoms with Gasteiger partial charge in [0.25, 0.3) is 0 Å². The van der Waals surface area contributed by atoms with Gasteiger partial charge >= 0.3 is 0 Å². The summed E-state index contributed by atoms with van der Waals surface area (Å²) in [5, 5.41) is 3.36. The third-order valence-electron chi connectivity index (χ3n) is 3.55. The van der Waals surface area contributed by atoms with Gasteiger partial charge in [-0.15, -0.1) is 0 Å². The van der Waals surface area contributed by atoms with Crippen molar-refractivity contribution in [1.29, 1.82) is 0 Å². The molecule has 2 aromatic carbocycles. The zero-order chi connectivity index (χ0) is 17.0. The molecule has 23 heavy (non-hydrogen) atoms. The summed E-state index contributed by atoms with van der Waals surface area (Å²) in [6.45, 7) is 3.87. The third kappa shape index (κ3) is 4.96. The molecular weight excluding hydrogens is 315 g/mol. The van der Waals surface area contributed by atoms with E-state index in [0.29, 0.717) is 5.69 Å². The molecule has 0 fully saturated rings. The van der Waals surface area contributed by atoms with Gasteiger partial charge in [0.05, 0.1) is 18.0 Å². The summed E-state index contributed by atoms with van der Waals surface area (Å²) in [5.41, 5.74) is 3.17. The van der Waals surface area contributed by atoms with Crippen molar-refractivity contribution in [3.63, 3.8) is 0 Å². The highest BCUT2D eigenvalue weighted by Crippen LogP contribution is 2.26. The minimum atomic E-state index is -3.33. The van der Waals surface area contributed by atoms with E-state index in [1.165, 1.54) is 12.1 Å². The topological polar surface area (TPSA) is 58.2 Å². The highest BCUT2D eigenvalue weighted by molar-refractivity contribution is 7.92. The number of anilines is 2. The minimum absolute atomic E-state index is 0.0180. The number of hydrogen-bond donors (Lipinski definition) is 2. The molecule has 0 spiro atoms. The predicted octanol–water partition coefficient (Wildman–Crippen LogP) is 4.07. The van der Waals surface area contributed by atoms with Crippen LogP contribution in [0.3, 0.4) is 0 Å². The van der Waals surface area contributed by atoms with E-state index in [1.807, 2.05) is 26.0 Å². The van der Waals surface area contributed by atoms with Gasteiger partial charge < -0.3 is 5.32 Å². The maximum absolute atomic E-state index is 13.1. The smallest absolute Gasteiger partial charge is 0.229 e. The number of halogens is 1. The molecule has 0 heterocycles. The quantitative estimate of drug-likeness (QED) is 0.836. The molecule has 6 heteroatoms. The van der Waals surface area contributed by atoms with Gasteiger partial charge in [0.15, 0.2) is 0 Å². The summed E-state index contributed by atoms with van der Waals surface area (Å²) in [7, 11) is -3.33. The first-order chi connectivity index (χ1) is 10.8. The van der Waals surface area contributed by atoms with Crippen molar-refractivity contribution >= 4 is 21.4 Å². The third-order valence-corrected chi connectivity index (χ3v) is 4.15. The Kier molecular flexibility index (Phi) is 5.26. The van der Waals surface area contributed by atoms with Gasteiger partial charge in [0, 0.05) is 5.69 Å². The highest BCUT2D eigenvalue weighted by atomic mass is 32.2. The highest BCUT2D eigenvalue weighted by Gasteiger charge is 2.11. The van der Waals surface area contributed by atoms with Crippen LogP contribution in [0.2, 0.25) is 0 Å². The second-order valence-electron chi connectivity index (χ2n) is 5.56. The molecule has 0 aliphatic heterocycles. The fourth-order valence-corrected chi connectivity index (χ4v) is 2.96. The van der Waals surface area contributed by atoms with Crippen molar-refractivity contribution in [3.8, 4) is 0 Å². The van der Waals surface area contributed by atoms with E-state index in [4.69, 9.17) is 0 Å². The molecule has 0 saturated heterocycles. The Morgan fingerprint density at radius 2 is 1.78 bits per heavy atom. The van der Waals surface area contributed by atoms with Crippen molar-refractivity contribution in [2.75, 3.05) is 16.3 Å². The molecule has 124 valence electrons. The first-order valence-corrected chi connectivity index (χ1v) is 9.28. The number of benzene rings is 2. The molecule has 0 aliphatic rings. The summed E-state index contributed by atoms with van der Waals surface area (Å²) in [6.07, 6.45) is 1.94. The molecule has 2 aromatic rings. The van der Waals surface area contributed by atoms with E-state index in [9.17, 15) is 12.8 Å². The van der Waals surface area contributed by atoms with Gasteiger partial charge in [-0.2, -0.15) is 0 Å². The normalized spacial score (nSPS) is 12.7. The molecular formula is C17H21FN2O2S. The van der Waals surface area contributed by atoms with Gasteiger partial charge in [-0.25, -0.2) is 12.8 Å². The maximum atomic E-state index is 13.1. The summed E-state index contributed by atoms with van der Waals surface area (Å²) < 4.78 is 38.4. The van der Waals surface area contributed by atoms with Gasteiger partial charge in [-0.05, 0) is 48.7 Å². The number of hydrogen-bond acceptors (Lipinski definition) is 3. The van der Waals surface area contributed by atoms with Gasteiger partial charge in [0.2, 0.25) is 10.0 Å². The summed E-state index contributed by atoms with van der Waals surface area (Å²) in [4.78, 5) is 0. The summed E-state index contributed by atoms with van der Waals surface area (Å²) >= 11 is 0. The van der Waals surface area contributed by atoms with Crippen molar-refractivity contribution < 1.29 is 12.8 Å². The van der Waals surface area contributed by atoms with Crippen LogP contribution in [0.1, 0.15) is 30.5 Å². The monoisotopic (exact) mass is 336 g/mol. The molecule has 0 radical (unpaired) electrons. The number of nitrogens with one attached hydrogen (secondary N) is 2. The van der Waals surface area contributed by atoms with Crippen LogP contribution < -0.4 is 10.0 Å². The zero-order valence-corrected chi connectivity index (χ0v) is 14.2. The molecule has 0 aromatic heterocycles. The van der Waals surface area contributed by atoms with Crippen molar-refractivity contribution in [1.82, 2.24) is 0 Å². The molecule has 4 nitrogen and oxygen atoms in total. The van der Waals surface area contributed by atoms with Crippen LogP contribution in [0.15, 0.2) is 42.5 Å². The van der Waals surface area contributed by atoms with E-state index >= 15 is 0 Å². The molecule has 0 amide bonds. The Bertz CT molecular complexity index is 774. The SMILES string of the molecule is CC[C@H](Nc1ccc(C)c(NS(C)(=O)=O)c1)c1ccc(F)cc1. The Morgan fingerprint density at radius 1 is 1.13 bits per heavy atom. The first-order valence-electron chi connectivity index (χ1n) is 7.39. The maximum Gasteiger partial charge on any atom is 0.229 e. The fraction of sp³-hybridized carbons (Fsp3) is 0.294. The number of sulfonamides is 1. The lowest BCUT2D eigenvalue weighted by Gasteiger charge is -2.20. The average Bonchev–Trinajstić information content (AvgIpc) is 2.47. The van der Waals surface area contributed by atoms with E-state index < -0.39 is 10.0 Å². The first kappa shape index (κ1) is 17.3. The predicted molar refractivity (Wildman–Crippen MR) is 92.7 cm³/mol. The zero-order valence-electron chi connectivity index (χ0n) is 13.4. The molecule has 0 unspecified atom stereocenters. The van der Waals surface area contributed by atoms with Crippen LogP contribution in [-0.2, 0) is 10.0 Å². The van der Waals surface area contributed by atoms with E-state index in [1.54, 1.807) is 18.2 Å². The molecule has 0 bridgehead atoms. The molecule has 0 aliphatic carbocycles. The Morgan fingerprint density at radius 3 is 2.35 bits per heavy atom. The summed E-state index contributed by atoms with van der Waals surface area (Å²) in [5.74, 6) is -0.265. The fourth-order valence-electron chi connectivity index (χ4n) is 2.34. The minimum Gasteiger partial charge on any atom is -0.378 e. The lowest BCUT2D eigenvalue weighted by Crippen LogP contribution is -2.12. The van der Waals surface area contributed by atoms with E-state index in [-0.39, 0.29) is 11.9 Å². The molecule has 2 rings (SSSR count). The lowest BCUT2D eigenvalue weighted by molar-refractivity contribution is 0.606. The molecule has 1 atom stereocenters. The van der Waals surface area contributed by atoms with E-state index in [2.05, 4.69) is 10.0 Å². The Labute approximate surface area is 136 Å². The van der Waals surface area contributed by atoms with Crippen LogP contribution in [-0.4, -0.2) is 14.7 Å². The molecule has 0 saturated carbocycles. The van der Waals surface area contributed by atoms with Crippen LogP contribution >= 0.6 is 0 Å². The van der Waals surface area contributed by atoms with Gasteiger partial charge in [0.1, 0.15) is 5.82 Å². The van der Waals surface area contributed by atoms with Gasteiger partial charge in [-0.3, -0.25) is 4.72 Å². The number of aryl methyl sites for hydroxylation is 1. The molecule has 2 N–H and O–H groups in total. The van der Waals surface area contributed by atoms with Crippen molar-refractivity contribution in [3.05, 3.63) is 59.4 Å². The van der Waals surface area contributed by atoms with Crippen molar-refractivity contribution in [2.45, 2.75) is 26.3 Å². The second kappa shape index (κ2) is 7.00. The van der Waals surface area contributed by atoms with E-state index in [0.717, 1.165) is 29.5 Å². The Hall–Kier alpha value is -2.08. The average molecular weight is 336 g/mol. The van der Waals surface area contributed by atoms with Crippen LogP contribution in [0.5, 0.6) is 0 Å². The number of rotatable bonds is 6. The van der Waals surface area contributed by atoms with Gasteiger partial charge in [-0.1, -0.05) is 25.1 Å².